The highest BCUT2D eigenvalue weighted by Crippen LogP contribution is 2.35. The number of hydrogen-bond acceptors (Lipinski definition) is 7. The molecule has 1 saturated heterocycles. The minimum Gasteiger partial charge on any atom is -0.355 e. The average molecular weight is 418 g/mol. The molecule has 0 spiro atoms. The van der Waals surface area contributed by atoms with Crippen LogP contribution >= 0.6 is 0 Å². The van der Waals surface area contributed by atoms with Crippen molar-refractivity contribution < 1.29 is 13.7 Å². The van der Waals surface area contributed by atoms with Crippen LogP contribution in [0.3, 0.4) is 0 Å². The quantitative estimate of drug-likeness (QED) is 0.540. The van der Waals surface area contributed by atoms with Crippen LogP contribution in [0.4, 0.5) is 16.0 Å². The highest BCUT2D eigenvalue weighted by molar-refractivity contribution is 5.98. The van der Waals surface area contributed by atoms with E-state index in [0.29, 0.717) is 40.5 Å². The molecule has 1 unspecified atom stereocenters. The van der Waals surface area contributed by atoms with Crippen molar-refractivity contribution in [1.29, 1.82) is 0 Å². The van der Waals surface area contributed by atoms with E-state index in [0.717, 1.165) is 19.4 Å². The molecule has 4 aromatic rings. The molecule has 8 nitrogen and oxygen atoms in total. The molecule has 1 amide bonds. The zero-order chi connectivity index (χ0) is 21.2. The number of carbonyl (C=O) groups is 1. The maximum Gasteiger partial charge on any atom is 0.263 e. The lowest BCUT2D eigenvalue weighted by molar-refractivity contribution is -0.120. The van der Waals surface area contributed by atoms with Crippen LogP contribution in [0.5, 0.6) is 0 Å². The van der Waals surface area contributed by atoms with Crippen molar-refractivity contribution in [2.75, 3.05) is 23.3 Å². The van der Waals surface area contributed by atoms with E-state index in [1.807, 2.05) is 6.07 Å². The predicted octanol–water partition coefficient (Wildman–Crippen LogP) is 3.67. The number of anilines is 2. The summed E-state index contributed by atoms with van der Waals surface area (Å²) in [6.07, 6.45) is 4.68. The summed E-state index contributed by atoms with van der Waals surface area (Å²) in [4.78, 5) is 27.7. The van der Waals surface area contributed by atoms with Gasteiger partial charge < -0.3 is 14.7 Å². The van der Waals surface area contributed by atoms with Gasteiger partial charge in [0.15, 0.2) is 0 Å². The Morgan fingerprint density at radius 2 is 2.00 bits per heavy atom. The summed E-state index contributed by atoms with van der Waals surface area (Å²) in [5.41, 5.74) is 1.60. The van der Waals surface area contributed by atoms with Crippen molar-refractivity contribution in [1.82, 2.24) is 20.1 Å². The van der Waals surface area contributed by atoms with Gasteiger partial charge in [0.05, 0.1) is 5.92 Å². The van der Waals surface area contributed by atoms with Crippen LogP contribution in [0, 0.1) is 11.7 Å². The fourth-order valence-corrected chi connectivity index (χ4v) is 3.86. The number of piperidine rings is 1. The average Bonchev–Trinajstić information content (AvgIpc) is 3.25. The Hall–Kier alpha value is -3.88. The summed E-state index contributed by atoms with van der Waals surface area (Å²) in [6, 6.07) is 11.4. The third-order valence-corrected chi connectivity index (χ3v) is 5.38. The molecule has 1 fully saturated rings. The van der Waals surface area contributed by atoms with E-state index in [9.17, 15) is 9.18 Å². The second-order valence-electron chi connectivity index (χ2n) is 7.40. The molecular formula is C22H19FN6O2. The molecule has 0 aliphatic carbocycles. The van der Waals surface area contributed by atoms with E-state index in [2.05, 4.69) is 30.3 Å². The first-order valence-corrected chi connectivity index (χ1v) is 10.0. The van der Waals surface area contributed by atoms with Gasteiger partial charge in [0.25, 0.3) is 5.71 Å². The number of aromatic nitrogens is 4. The smallest absolute Gasteiger partial charge is 0.263 e. The summed E-state index contributed by atoms with van der Waals surface area (Å²) < 4.78 is 18.8. The van der Waals surface area contributed by atoms with Crippen LogP contribution in [-0.2, 0) is 4.79 Å². The second-order valence-corrected chi connectivity index (χ2v) is 7.40. The van der Waals surface area contributed by atoms with Gasteiger partial charge in [0, 0.05) is 24.8 Å². The topological polar surface area (TPSA) is 97.0 Å². The largest absolute Gasteiger partial charge is 0.355 e. The van der Waals surface area contributed by atoms with Crippen LogP contribution in [-0.4, -0.2) is 39.1 Å². The molecule has 9 heteroatoms. The van der Waals surface area contributed by atoms with Gasteiger partial charge in [-0.05, 0) is 49.2 Å². The van der Waals surface area contributed by atoms with Gasteiger partial charge in [0.1, 0.15) is 34.9 Å². The Labute approximate surface area is 177 Å². The number of halogens is 1. The second kappa shape index (κ2) is 8.10. The van der Waals surface area contributed by atoms with Gasteiger partial charge in [-0.2, -0.15) is 4.98 Å². The van der Waals surface area contributed by atoms with E-state index in [4.69, 9.17) is 4.52 Å². The van der Waals surface area contributed by atoms with Crippen LogP contribution < -0.4 is 10.2 Å². The standard InChI is InChI=1S/C22H19FN6O2/c23-16-8-6-14(7-9-16)19-18-20(25-13-26-22(18)31-28-19)29-11-3-4-15(12-29)21(30)27-17-5-1-2-10-24-17/h1-2,5-10,13,15H,3-4,11-12H2,(H,24,27,30). The first kappa shape index (κ1) is 19.1. The molecule has 5 rings (SSSR count). The maximum absolute atomic E-state index is 13.4. The summed E-state index contributed by atoms with van der Waals surface area (Å²) >= 11 is 0. The van der Waals surface area contributed by atoms with Gasteiger partial charge in [0.2, 0.25) is 5.91 Å². The number of carbonyl (C=O) groups excluding carboxylic acids is 1. The Bertz CT molecular complexity index is 1210. The van der Waals surface area contributed by atoms with E-state index in [1.165, 1.54) is 18.5 Å². The van der Waals surface area contributed by atoms with Crippen LogP contribution in [0.2, 0.25) is 0 Å². The molecule has 4 heterocycles. The Morgan fingerprint density at radius 1 is 1.13 bits per heavy atom. The van der Waals surface area contributed by atoms with Crippen molar-refractivity contribution >= 4 is 28.6 Å². The minimum atomic E-state index is -0.328. The SMILES string of the molecule is O=C(Nc1ccccn1)C1CCCN(c2ncnc3onc(-c4ccc(F)cc4)c23)C1. The van der Waals surface area contributed by atoms with Gasteiger partial charge in [-0.15, -0.1) is 0 Å². The third kappa shape index (κ3) is 3.81. The van der Waals surface area contributed by atoms with Crippen molar-refractivity contribution in [3.05, 3.63) is 60.8 Å². The van der Waals surface area contributed by atoms with Crippen LogP contribution in [0.1, 0.15) is 12.8 Å². The number of amides is 1. The lowest BCUT2D eigenvalue weighted by Crippen LogP contribution is -2.41. The van der Waals surface area contributed by atoms with E-state index in [1.54, 1.807) is 30.5 Å². The number of fused-ring (bicyclic) bond motifs is 1. The maximum atomic E-state index is 13.4. The highest BCUT2D eigenvalue weighted by atomic mass is 19.1. The van der Waals surface area contributed by atoms with Crippen molar-refractivity contribution in [3.8, 4) is 11.3 Å². The lowest BCUT2D eigenvalue weighted by Gasteiger charge is -2.33. The Morgan fingerprint density at radius 3 is 2.81 bits per heavy atom. The van der Waals surface area contributed by atoms with Crippen molar-refractivity contribution in [3.63, 3.8) is 0 Å². The molecule has 1 aliphatic heterocycles. The van der Waals surface area contributed by atoms with Crippen LogP contribution in [0.25, 0.3) is 22.4 Å². The molecule has 3 aromatic heterocycles. The summed E-state index contributed by atoms with van der Waals surface area (Å²) in [5.74, 6) is 0.575. The monoisotopic (exact) mass is 418 g/mol. The molecule has 156 valence electrons. The zero-order valence-electron chi connectivity index (χ0n) is 16.5. The van der Waals surface area contributed by atoms with E-state index >= 15 is 0 Å². The first-order chi connectivity index (χ1) is 15.2. The number of pyridine rings is 1. The fourth-order valence-electron chi connectivity index (χ4n) is 3.86. The molecule has 31 heavy (non-hydrogen) atoms. The summed E-state index contributed by atoms with van der Waals surface area (Å²) in [5, 5.41) is 7.68. The fraction of sp³-hybridized carbons (Fsp3) is 0.227. The number of nitrogens with zero attached hydrogens (tertiary/aromatic N) is 5. The molecule has 1 N–H and O–H groups in total. The molecule has 1 aliphatic rings. The minimum absolute atomic E-state index is 0.0715. The molecule has 0 saturated carbocycles. The van der Waals surface area contributed by atoms with Gasteiger partial charge in [-0.3, -0.25) is 4.79 Å². The summed E-state index contributed by atoms with van der Waals surface area (Å²) in [7, 11) is 0. The normalized spacial score (nSPS) is 16.4. The first-order valence-electron chi connectivity index (χ1n) is 10.0. The molecular weight excluding hydrogens is 399 g/mol. The third-order valence-electron chi connectivity index (χ3n) is 5.38. The van der Waals surface area contributed by atoms with Gasteiger partial charge >= 0.3 is 0 Å². The van der Waals surface area contributed by atoms with E-state index in [-0.39, 0.29) is 17.6 Å². The molecule has 0 radical (unpaired) electrons. The Kier molecular flexibility index (Phi) is 4.99. The Balaban J connectivity index is 1.44. The molecule has 1 aromatic carbocycles. The molecule has 1 atom stereocenters. The number of nitrogens with one attached hydrogen (secondary N) is 1. The lowest BCUT2D eigenvalue weighted by atomic mass is 9.96. The van der Waals surface area contributed by atoms with Gasteiger partial charge in [-0.1, -0.05) is 11.2 Å². The van der Waals surface area contributed by atoms with E-state index < -0.39 is 0 Å². The number of benzene rings is 1. The van der Waals surface area contributed by atoms with Gasteiger partial charge in [-0.25, -0.2) is 14.4 Å². The highest BCUT2D eigenvalue weighted by Gasteiger charge is 2.29. The van der Waals surface area contributed by atoms with Crippen LogP contribution in [0.15, 0.2) is 59.5 Å². The predicted molar refractivity (Wildman–Crippen MR) is 113 cm³/mol. The van der Waals surface area contributed by atoms with Crippen molar-refractivity contribution in [2.24, 2.45) is 5.92 Å². The zero-order valence-corrected chi connectivity index (χ0v) is 16.5. The molecule has 0 bridgehead atoms. The number of hydrogen-bond donors (Lipinski definition) is 1. The summed E-state index contributed by atoms with van der Waals surface area (Å²) in [6.45, 7) is 1.24. The number of rotatable bonds is 4. The van der Waals surface area contributed by atoms with Crippen molar-refractivity contribution in [2.45, 2.75) is 12.8 Å².